The molecule has 0 radical (unpaired) electrons. The molecule has 0 aliphatic carbocycles. The van der Waals surface area contributed by atoms with Gasteiger partial charge in [-0.1, -0.05) is 18.2 Å². The van der Waals surface area contributed by atoms with E-state index in [2.05, 4.69) is 15.6 Å². The van der Waals surface area contributed by atoms with Gasteiger partial charge in [-0.3, -0.25) is 4.57 Å². The molecule has 3 nitrogen and oxygen atoms in total. The number of hydrogen-bond acceptors (Lipinski definition) is 2. The molecule has 2 aromatic carbocycles. The van der Waals surface area contributed by atoms with Crippen LogP contribution in [0.3, 0.4) is 0 Å². The van der Waals surface area contributed by atoms with Crippen LogP contribution < -0.4 is 5.73 Å². The summed E-state index contributed by atoms with van der Waals surface area (Å²) < 4.78 is 2.12. The molecule has 3 heteroatoms. The molecule has 2 N–H and O–H groups in total. The highest BCUT2D eigenvalue weighted by Crippen LogP contribution is 2.21. The maximum Gasteiger partial charge on any atom is 0.111 e. The van der Waals surface area contributed by atoms with Gasteiger partial charge in [-0.2, -0.15) is 0 Å². The van der Waals surface area contributed by atoms with Crippen LogP contribution in [0.15, 0.2) is 48.5 Å². The fourth-order valence-electron chi connectivity index (χ4n) is 2.14. The average Bonchev–Trinajstić information content (AvgIpc) is 2.64. The minimum atomic E-state index is 0.764. The van der Waals surface area contributed by atoms with Crippen LogP contribution in [0.1, 0.15) is 5.82 Å². The molecule has 0 bridgehead atoms. The molecule has 0 atom stereocenters. The highest BCUT2D eigenvalue weighted by Gasteiger charge is 2.08. The van der Waals surface area contributed by atoms with E-state index in [9.17, 15) is 0 Å². The number of hydrogen-bond donors (Lipinski definition) is 1. The van der Waals surface area contributed by atoms with Crippen molar-refractivity contribution in [1.82, 2.24) is 9.55 Å². The van der Waals surface area contributed by atoms with Crippen molar-refractivity contribution in [2.45, 2.75) is 6.92 Å². The van der Waals surface area contributed by atoms with Gasteiger partial charge in [0.25, 0.3) is 0 Å². The van der Waals surface area contributed by atoms with E-state index in [4.69, 9.17) is 5.73 Å². The summed E-state index contributed by atoms with van der Waals surface area (Å²) in [6, 6.07) is 15.9. The van der Waals surface area contributed by atoms with Gasteiger partial charge in [0.1, 0.15) is 5.82 Å². The fourth-order valence-corrected chi connectivity index (χ4v) is 2.14. The third-order valence-corrected chi connectivity index (χ3v) is 2.86. The molecule has 17 heavy (non-hydrogen) atoms. The van der Waals surface area contributed by atoms with Crippen molar-refractivity contribution in [3.05, 3.63) is 54.4 Å². The van der Waals surface area contributed by atoms with E-state index in [0.717, 1.165) is 28.2 Å². The van der Waals surface area contributed by atoms with E-state index in [0.29, 0.717) is 0 Å². The van der Waals surface area contributed by atoms with Gasteiger partial charge in [0.15, 0.2) is 0 Å². The molecule has 0 aliphatic rings. The Bertz CT molecular complexity index is 683. The summed E-state index contributed by atoms with van der Waals surface area (Å²) in [6.07, 6.45) is 0. The van der Waals surface area contributed by atoms with E-state index in [-0.39, 0.29) is 0 Å². The molecule has 84 valence electrons. The van der Waals surface area contributed by atoms with Gasteiger partial charge in [-0.15, -0.1) is 0 Å². The van der Waals surface area contributed by atoms with E-state index in [1.807, 2.05) is 49.4 Å². The summed E-state index contributed by atoms with van der Waals surface area (Å²) in [5.74, 6) is 0.969. The molecule has 0 unspecified atom stereocenters. The third-order valence-electron chi connectivity index (χ3n) is 2.86. The number of aromatic nitrogens is 2. The molecule has 0 amide bonds. The van der Waals surface area contributed by atoms with Crippen LogP contribution >= 0.6 is 0 Å². The van der Waals surface area contributed by atoms with Gasteiger partial charge in [0.05, 0.1) is 11.0 Å². The zero-order chi connectivity index (χ0) is 11.8. The standard InChI is InChI=1S/C14H13N3/c1-10-16-13-7-2-3-8-14(13)17(10)12-6-4-5-11(15)9-12/h2-9H,15H2,1H3. The number of nitrogens with zero attached hydrogens (tertiary/aromatic N) is 2. The van der Waals surface area contributed by atoms with Gasteiger partial charge in [0, 0.05) is 11.4 Å². The van der Waals surface area contributed by atoms with Crippen molar-refractivity contribution >= 4 is 16.7 Å². The number of nitrogen functional groups attached to an aromatic ring is 1. The van der Waals surface area contributed by atoms with E-state index >= 15 is 0 Å². The lowest BCUT2D eigenvalue weighted by Crippen LogP contribution is -1.97. The molecule has 1 heterocycles. The molecular weight excluding hydrogens is 210 g/mol. The molecular formula is C14H13N3. The first-order chi connectivity index (χ1) is 8.25. The van der Waals surface area contributed by atoms with Crippen molar-refractivity contribution in [1.29, 1.82) is 0 Å². The number of para-hydroxylation sites is 2. The fraction of sp³-hybridized carbons (Fsp3) is 0.0714. The molecule has 3 aromatic rings. The second-order valence-electron chi connectivity index (χ2n) is 4.08. The van der Waals surface area contributed by atoms with Crippen molar-refractivity contribution < 1.29 is 0 Å². The lowest BCUT2D eigenvalue weighted by Gasteiger charge is -2.07. The lowest BCUT2D eigenvalue weighted by atomic mass is 10.2. The zero-order valence-electron chi connectivity index (χ0n) is 9.59. The number of aryl methyl sites for hydroxylation is 1. The monoisotopic (exact) mass is 223 g/mol. The number of nitrogens with two attached hydrogens (primary N) is 1. The van der Waals surface area contributed by atoms with Crippen LogP contribution in [0, 0.1) is 6.92 Å². The molecule has 0 aliphatic heterocycles. The SMILES string of the molecule is Cc1nc2ccccc2n1-c1cccc(N)c1. The van der Waals surface area contributed by atoms with Gasteiger partial charge in [-0.05, 0) is 37.3 Å². The highest BCUT2D eigenvalue weighted by atomic mass is 15.1. The number of rotatable bonds is 1. The largest absolute Gasteiger partial charge is 0.399 e. The van der Waals surface area contributed by atoms with E-state index in [1.54, 1.807) is 0 Å². The van der Waals surface area contributed by atoms with Crippen LogP contribution in [-0.2, 0) is 0 Å². The molecule has 0 spiro atoms. The number of benzene rings is 2. The normalized spacial score (nSPS) is 10.9. The Morgan fingerprint density at radius 3 is 2.71 bits per heavy atom. The van der Waals surface area contributed by atoms with Gasteiger partial charge < -0.3 is 5.73 Å². The van der Waals surface area contributed by atoms with Gasteiger partial charge >= 0.3 is 0 Å². The Balaban J connectivity index is 2.33. The predicted molar refractivity (Wildman–Crippen MR) is 70.2 cm³/mol. The summed E-state index contributed by atoms with van der Waals surface area (Å²) >= 11 is 0. The van der Waals surface area contributed by atoms with Crippen molar-refractivity contribution in [2.24, 2.45) is 0 Å². The van der Waals surface area contributed by atoms with Gasteiger partial charge in [0.2, 0.25) is 0 Å². The number of fused-ring (bicyclic) bond motifs is 1. The smallest absolute Gasteiger partial charge is 0.111 e. The second-order valence-corrected chi connectivity index (χ2v) is 4.08. The van der Waals surface area contributed by atoms with Crippen LogP contribution in [0.5, 0.6) is 0 Å². The molecule has 0 fully saturated rings. The molecule has 0 saturated heterocycles. The Kier molecular flexibility index (Phi) is 2.11. The van der Waals surface area contributed by atoms with Crippen LogP contribution in [0.25, 0.3) is 16.7 Å². The first-order valence-electron chi connectivity index (χ1n) is 5.56. The first-order valence-corrected chi connectivity index (χ1v) is 5.56. The summed E-state index contributed by atoms with van der Waals surface area (Å²) in [5, 5.41) is 0. The van der Waals surface area contributed by atoms with Crippen molar-refractivity contribution in [3.8, 4) is 5.69 Å². The third kappa shape index (κ3) is 1.56. The molecule has 3 rings (SSSR count). The Hall–Kier alpha value is -2.29. The lowest BCUT2D eigenvalue weighted by molar-refractivity contribution is 1.00. The highest BCUT2D eigenvalue weighted by molar-refractivity contribution is 5.78. The Labute approximate surface area is 99.5 Å². The summed E-state index contributed by atoms with van der Waals surface area (Å²) in [6.45, 7) is 2.00. The quantitative estimate of drug-likeness (QED) is 0.644. The van der Waals surface area contributed by atoms with Crippen LogP contribution in [0.4, 0.5) is 5.69 Å². The maximum atomic E-state index is 5.83. The zero-order valence-corrected chi connectivity index (χ0v) is 9.59. The minimum Gasteiger partial charge on any atom is -0.399 e. The molecule has 1 aromatic heterocycles. The average molecular weight is 223 g/mol. The van der Waals surface area contributed by atoms with Crippen LogP contribution in [-0.4, -0.2) is 9.55 Å². The first kappa shape index (κ1) is 9.90. The summed E-state index contributed by atoms with van der Waals surface area (Å²) in [7, 11) is 0. The Morgan fingerprint density at radius 2 is 1.88 bits per heavy atom. The summed E-state index contributed by atoms with van der Waals surface area (Å²) in [5.41, 5.74) is 9.75. The van der Waals surface area contributed by atoms with E-state index < -0.39 is 0 Å². The topological polar surface area (TPSA) is 43.8 Å². The molecule has 0 saturated carbocycles. The van der Waals surface area contributed by atoms with Crippen LogP contribution in [0.2, 0.25) is 0 Å². The maximum absolute atomic E-state index is 5.83. The van der Waals surface area contributed by atoms with Crippen molar-refractivity contribution in [2.75, 3.05) is 5.73 Å². The minimum absolute atomic E-state index is 0.764. The van der Waals surface area contributed by atoms with Gasteiger partial charge in [-0.25, -0.2) is 4.98 Å². The van der Waals surface area contributed by atoms with Crippen molar-refractivity contribution in [3.63, 3.8) is 0 Å². The second kappa shape index (κ2) is 3.63. The van der Waals surface area contributed by atoms with E-state index in [1.165, 1.54) is 0 Å². The summed E-state index contributed by atoms with van der Waals surface area (Å²) in [4.78, 5) is 4.54. The Morgan fingerprint density at radius 1 is 1.06 bits per heavy atom. The number of anilines is 1. The number of imidazole rings is 1. The predicted octanol–water partition coefficient (Wildman–Crippen LogP) is 2.92.